The summed E-state index contributed by atoms with van der Waals surface area (Å²) >= 11 is 0. The van der Waals surface area contributed by atoms with Gasteiger partial charge in [0.2, 0.25) is 5.91 Å². The lowest BCUT2D eigenvalue weighted by molar-refractivity contribution is -0.118. The predicted octanol–water partition coefficient (Wildman–Crippen LogP) is 3.36. The maximum absolute atomic E-state index is 13.7. The smallest absolute Gasteiger partial charge is 0.231 e. The number of methoxy groups -OCH3 is 1. The molecule has 0 atom stereocenters. The van der Waals surface area contributed by atoms with E-state index in [9.17, 15) is 9.18 Å². The molecule has 1 aliphatic heterocycles. The quantitative estimate of drug-likeness (QED) is 0.870. The number of aryl methyl sites for hydroxylation is 1. The zero-order valence-electron chi connectivity index (χ0n) is 12.5. The van der Waals surface area contributed by atoms with Crippen molar-refractivity contribution in [1.82, 2.24) is 0 Å². The zero-order chi connectivity index (χ0) is 15.5. The van der Waals surface area contributed by atoms with E-state index < -0.39 is 0 Å². The highest BCUT2D eigenvalue weighted by atomic mass is 19.1. The fraction of sp³-hybridized carbons (Fsp3) is 0.278. The highest BCUT2D eigenvalue weighted by Gasteiger charge is 2.23. The van der Waals surface area contributed by atoms with Crippen LogP contribution in [-0.2, 0) is 17.6 Å². The van der Waals surface area contributed by atoms with Crippen LogP contribution in [0.4, 0.5) is 10.1 Å². The van der Waals surface area contributed by atoms with Gasteiger partial charge in [-0.2, -0.15) is 0 Å². The second-order valence-electron chi connectivity index (χ2n) is 5.41. The van der Waals surface area contributed by atoms with Crippen LogP contribution in [0.2, 0.25) is 0 Å². The molecule has 0 radical (unpaired) electrons. The lowest BCUT2D eigenvalue weighted by atomic mass is 10.0. The van der Waals surface area contributed by atoms with Gasteiger partial charge in [0.15, 0.2) is 0 Å². The van der Waals surface area contributed by atoms with E-state index in [4.69, 9.17) is 4.74 Å². The number of fused-ring (bicyclic) bond motifs is 1. The maximum Gasteiger partial charge on any atom is 0.231 e. The monoisotopic (exact) mass is 299 g/mol. The molecular formula is C18H18FNO2. The second kappa shape index (κ2) is 6.18. The van der Waals surface area contributed by atoms with Crippen LogP contribution in [-0.4, -0.2) is 19.6 Å². The van der Waals surface area contributed by atoms with Crippen molar-refractivity contribution in [2.75, 3.05) is 18.6 Å². The van der Waals surface area contributed by atoms with Crippen LogP contribution in [0, 0.1) is 5.82 Å². The largest absolute Gasteiger partial charge is 0.497 e. The molecule has 22 heavy (non-hydrogen) atoms. The fourth-order valence-electron chi connectivity index (χ4n) is 2.86. The van der Waals surface area contributed by atoms with Crippen molar-refractivity contribution in [1.29, 1.82) is 0 Å². The van der Waals surface area contributed by atoms with E-state index in [2.05, 4.69) is 0 Å². The summed E-state index contributed by atoms with van der Waals surface area (Å²) in [6, 6.07) is 12.2. The Hall–Kier alpha value is -2.36. The Morgan fingerprint density at radius 2 is 2.09 bits per heavy atom. The number of halogens is 1. The average molecular weight is 299 g/mol. The SMILES string of the molecule is COc1ccc2c(c1)CCCN2C(=O)Cc1ccccc1F. The van der Waals surface area contributed by atoms with Gasteiger partial charge in [0, 0.05) is 12.2 Å². The van der Waals surface area contributed by atoms with Gasteiger partial charge >= 0.3 is 0 Å². The first-order valence-corrected chi connectivity index (χ1v) is 7.39. The Kier molecular flexibility index (Phi) is 4.09. The van der Waals surface area contributed by atoms with Crippen molar-refractivity contribution in [3.05, 3.63) is 59.4 Å². The minimum Gasteiger partial charge on any atom is -0.497 e. The molecule has 4 heteroatoms. The van der Waals surface area contributed by atoms with E-state index in [1.165, 1.54) is 6.07 Å². The molecule has 1 amide bonds. The molecule has 0 saturated carbocycles. The Morgan fingerprint density at radius 3 is 2.86 bits per heavy atom. The van der Waals surface area contributed by atoms with Crippen LogP contribution in [0.1, 0.15) is 17.5 Å². The van der Waals surface area contributed by atoms with Gasteiger partial charge in [-0.15, -0.1) is 0 Å². The third kappa shape index (κ3) is 2.82. The minimum absolute atomic E-state index is 0.0729. The molecular weight excluding hydrogens is 281 g/mol. The number of anilines is 1. The Balaban J connectivity index is 1.84. The van der Waals surface area contributed by atoms with Crippen LogP contribution in [0.3, 0.4) is 0 Å². The molecule has 0 N–H and O–H groups in total. The lowest BCUT2D eigenvalue weighted by Gasteiger charge is -2.30. The number of carbonyl (C=O) groups excluding carboxylic acids is 1. The third-order valence-corrected chi connectivity index (χ3v) is 4.01. The number of amides is 1. The summed E-state index contributed by atoms with van der Waals surface area (Å²) in [6.07, 6.45) is 1.91. The van der Waals surface area contributed by atoms with Crippen LogP contribution in [0.15, 0.2) is 42.5 Å². The van der Waals surface area contributed by atoms with Crippen molar-refractivity contribution in [3.63, 3.8) is 0 Å². The van der Waals surface area contributed by atoms with Crippen molar-refractivity contribution in [2.24, 2.45) is 0 Å². The molecule has 2 aromatic carbocycles. The molecule has 0 aliphatic carbocycles. The molecule has 0 saturated heterocycles. The van der Waals surface area contributed by atoms with Crippen LogP contribution >= 0.6 is 0 Å². The van der Waals surface area contributed by atoms with Crippen molar-refractivity contribution in [3.8, 4) is 5.75 Å². The van der Waals surface area contributed by atoms with Gasteiger partial charge in [0.25, 0.3) is 0 Å². The first-order chi connectivity index (χ1) is 10.7. The van der Waals surface area contributed by atoms with E-state index in [-0.39, 0.29) is 18.1 Å². The molecule has 3 nitrogen and oxygen atoms in total. The number of carbonyl (C=O) groups is 1. The van der Waals surface area contributed by atoms with Crippen LogP contribution < -0.4 is 9.64 Å². The number of rotatable bonds is 3. The Bertz CT molecular complexity index is 699. The Morgan fingerprint density at radius 1 is 1.27 bits per heavy atom. The zero-order valence-corrected chi connectivity index (χ0v) is 12.5. The summed E-state index contributed by atoms with van der Waals surface area (Å²) in [4.78, 5) is 14.3. The number of ether oxygens (including phenoxy) is 1. The summed E-state index contributed by atoms with van der Waals surface area (Å²) in [6.45, 7) is 0.673. The molecule has 2 aromatic rings. The summed E-state index contributed by atoms with van der Waals surface area (Å²) in [5.74, 6) is 0.390. The van der Waals surface area contributed by atoms with Crippen LogP contribution in [0.25, 0.3) is 0 Å². The molecule has 0 bridgehead atoms. The molecule has 0 fully saturated rings. The Labute approximate surface area is 129 Å². The van der Waals surface area contributed by atoms with E-state index in [1.807, 2.05) is 18.2 Å². The minimum atomic E-state index is -0.331. The summed E-state index contributed by atoms with van der Waals surface area (Å²) in [5, 5.41) is 0. The van der Waals surface area contributed by atoms with Gasteiger partial charge < -0.3 is 9.64 Å². The van der Waals surface area contributed by atoms with Crippen LogP contribution in [0.5, 0.6) is 5.75 Å². The van der Waals surface area contributed by atoms with E-state index >= 15 is 0 Å². The van der Waals surface area contributed by atoms with Gasteiger partial charge in [0.1, 0.15) is 11.6 Å². The van der Waals surface area contributed by atoms with Gasteiger partial charge in [-0.05, 0) is 48.2 Å². The highest BCUT2D eigenvalue weighted by molar-refractivity contribution is 5.96. The molecule has 114 valence electrons. The normalized spacial score (nSPS) is 13.6. The van der Waals surface area contributed by atoms with E-state index in [0.29, 0.717) is 12.1 Å². The molecule has 3 rings (SSSR count). The summed E-state index contributed by atoms with van der Waals surface area (Å²) in [5.41, 5.74) is 2.45. The number of nitrogens with zero attached hydrogens (tertiary/aromatic N) is 1. The fourth-order valence-corrected chi connectivity index (χ4v) is 2.86. The first kappa shape index (κ1) is 14.6. The van der Waals surface area contributed by atoms with E-state index in [0.717, 1.165) is 29.8 Å². The first-order valence-electron chi connectivity index (χ1n) is 7.39. The lowest BCUT2D eigenvalue weighted by Crippen LogP contribution is -2.36. The van der Waals surface area contributed by atoms with Gasteiger partial charge in [0.05, 0.1) is 13.5 Å². The number of benzene rings is 2. The third-order valence-electron chi connectivity index (χ3n) is 4.01. The van der Waals surface area contributed by atoms with Gasteiger partial charge in [-0.25, -0.2) is 4.39 Å². The summed E-state index contributed by atoms with van der Waals surface area (Å²) < 4.78 is 19.0. The molecule has 1 heterocycles. The molecule has 0 spiro atoms. The second-order valence-corrected chi connectivity index (χ2v) is 5.41. The van der Waals surface area contributed by atoms with Crippen molar-refractivity contribution >= 4 is 11.6 Å². The summed E-state index contributed by atoms with van der Waals surface area (Å²) in [7, 11) is 1.63. The number of hydrogen-bond acceptors (Lipinski definition) is 2. The highest BCUT2D eigenvalue weighted by Crippen LogP contribution is 2.31. The van der Waals surface area contributed by atoms with Gasteiger partial charge in [-0.1, -0.05) is 18.2 Å². The van der Waals surface area contributed by atoms with E-state index in [1.54, 1.807) is 30.2 Å². The molecule has 1 aliphatic rings. The maximum atomic E-state index is 13.7. The standard InChI is InChI=1S/C18H18FNO2/c1-22-15-8-9-17-14(11-15)6-4-10-20(17)18(21)12-13-5-2-3-7-16(13)19/h2-3,5,7-9,11H,4,6,10,12H2,1H3. The van der Waals surface area contributed by atoms with Gasteiger partial charge in [-0.3, -0.25) is 4.79 Å². The topological polar surface area (TPSA) is 29.5 Å². The van der Waals surface area contributed by atoms with Crippen molar-refractivity contribution < 1.29 is 13.9 Å². The molecule has 0 unspecified atom stereocenters. The predicted molar refractivity (Wildman–Crippen MR) is 83.8 cm³/mol. The van der Waals surface area contributed by atoms with Crippen molar-refractivity contribution in [2.45, 2.75) is 19.3 Å². The molecule has 0 aromatic heterocycles. The average Bonchev–Trinajstić information content (AvgIpc) is 2.55. The number of hydrogen-bond donors (Lipinski definition) is 0.